The van der Waals surface area contributed by atoms with Gasteiger partial charge in [-0.3, -0.25) is 4.79 Å². The van der Waals surface area contributed by atoms with Crippen molar-refractivity contribution in [3.05, 3.63) is 51.2 Å². The molecule has 0 spiro atoms. The number of hydrogen-bond acceptors (Lipinski definition) is 6. The maximum atomic E-state index is 12.5. The van der Waals surface area contributed by atoms with Crippen LogP contribution in [0.1, 0.15) is 75.6 Å². The van der Waals surface area contributed by atoms with E-state index in [1.165, 1.54) is 4.88 Å². The van der Waals surface area contributed by atoms with Crippen molar-refractivity contribution in [2.24, 2.45) is 5.10 Å². The number of thiophene rings is 1. The Morgan fingerprint density at radius 3 is 2.33 bits per heavy atom. The van der Waals surface area contributed by atoms with Crippen molar-refractivity contribution in [2.45, 2.75) is 70.9 Å². The van der Waals surface area contributed by atoms with E-state index in [1.54, 1.807) is 17.6 Å². The molecular formula is C23H32N4O2S. The van der Waals surface area contributed by atoms with Crippen LogP contribution in [0.5, 0.6) is 5.75 Å². The Balaban J connectivity index is 1.72. The lowest BCUT2D eigenvalue weighted by Crippen LogP contribution is -2.41. The zero-order valence-electron chi connectivity index (χ0n) is 18.5. The Hall–Kier alpha value is -2.22. The molecule has 0 aliphatic carbocycles. The summed E-state index contributed by atoms with van der Waals surface area (Å²) < 4.78 is 0. The van der Waals surface area contributed by atoms with Gasteiger partial charge in [0.25, 0.3) is 5.91 Å². The number of hydrazine groups is 1. The number of rotatable bonds is 4. The van der Waals surface area contributed by atoms with Gasteiger partial charge in [0.2, 0.25) is 0 Å². The Morgan fingerprint density at radius 2 is 1.80 bits per heavy atom. The average molecular weight is 429 g/mol. The summed E-state index contributed by atoms with van der Waals surface area (Å²) in [6.45, 7) is 12.4. The van der Waals surface area contributed by atoms with Crippen molar-refractivity contribution in [3.63, 3.8) is 0 Å². The molecule has 1 amide bonds. The highest BCUT2D eigenvalue weighted by Crippen LogP contribution is 2.39. The molecule has 1 aromatic carbocycles. The van der Waals surface area contributed by atoms with Crippen LogP contribution in [-0.4, -0.2) is 23.3 Å². The van der Waals surface area contributed by atoms with Gasteiger partial charge in [0, 0.05) is 16.0 Å². The Morgan fingerprint density at radius 1 is 1.17 bits per heavy atom. The van der Waals surface area contributed by atoms with E-state index in [4.69, 9.17) is 0 Å². The van der Waals surface area contributed by atoms with E-state index in [0.717, 1.165) is 16.7 Å². The number of benzene rings is 1. The Kier molecular flexibility index (Phi) is 6.36. The van der Waals surface area contributed by atoms with Crippen LogP contribution in [-0.2, 0) is 15.6 Å². The molecular weight excluding hydrogens is 396 g/mol. The molecule has 1 aromatic heterocycles. The highest BCUT2D eigenvalue weighted by molar-refractivity contribution is 7.10. The van der Waals surface area contributed by atoms with Crippen LogP contribution in [0.25, 0.3) is 0 Å². The van der Waals surface area contributed by atoms with Crippen molar-refractivity contribution in [1.82, 2.24) is 16.3 Å². The summed E-state index contributed by atoms with van der Waals surface area (Å²) in [7, 11) is 0. The van der Waals surface area contributed by atoms with Crippen LogP contribution >= 0.6 is 11.3 Å². The second-order valence-corrected chi connectivity index (χ2v) is 10.8. The first-order valence-corrected chi connectivity index (χ1v) is 11.1. The second-order valence-electron chi connectivity index (χ2n) is 9.84. The average Bonchev–Trinajstić information content (AvgIpc) is 3.32. The van der Waals surface area contributed by atoms with Gasteiger partial charge in [-0.2, -0.15) is 5.10 Å². The first kappa shape index (κ1) is 22.5. The highest BCUT2D eigenvalue weighted by atomic mass is 32.1. The molecule has 2 unspecified atom stereocenters. The van der Waals surface area contributed by atoms with Crippen molar-refractivity contribution in [1.29, 1.82) is 0 Å². The van der Waals surface area contributed by atoms with Crippen LogP contribution in [0.2, 0.25) is 0 Å². The summed E-state index contributed by atoms with van der Waals surface area (Å²) in [5, 5.41) is 17.0. The van der Waals surface area contributed by atoms with Gasteiger partial charge in [-0.25, -0.2) is 16.3 Å². The predicted octanol–water partition coefficient (Wildman–Crippen LogP) is 4.11. The summed E-state index contributed by atoms with van der Waals surface area (Å²) in [5.74, 6) is 0.153. The Labute approximate surface area is 182 Å². The summed E-state index contributed by atoms with van der Waals surface area (Å²) in [6, 6.07) is 7.72. The molecule has 30 heavy (non-hydrogen) atoms. The van der Waals surface area contributed by atoms with E-state index in [2.05, 4.69) is 69.0 Å². The molecule has 6 nitrogen and oxygen atoms in total. The SMILES string of the molecule is CC(C)(C)c1cc(/C=N/NC(=O)C2CC(c3cccs3)NN2)cc(C(C)(C)C)c1O. The quantitative estimate of drug-likeness (QED) is 0.436. The minimum atomic E-state index is -0.343. The van der Waals surface area contributed by atoms with Gasteiger partial charge in [0.1, 0.15) is 11.8 Å². The summed E-state index contributed by atoms with van der Waals surface area (Å²) in [6.07, 6.45) is 2.31. The highest BCUT2D eigenvalue weighted by Gasteiger charge is 2.30. The number of nitrogens with one attached hydrogen (secondary N) is 3. The fourth-order valence-electron chi connectivity index (χ4n) is 3.53. The molecule has 2 aromatic rings. The van der Waals surface area contributed by atoms with Crippen LogP contribution < -0.4 is 16.3 Å². The fraction of sp³-hybridized carbons (Fsp3) is 0.478. The van der Waals surface area contributed by atoms with Gasteiger partial charge in [-0.05, 0) is 46.4 Å². The summed E-state index contributed by atoms with van der Waals surface area (Å²) in [5.41, 5.74) is 11.0. The van der Waals surface area contributed by atoms with Crippen LogP contribution in [0, 0.1) is 0 Å². The maximum Gasteiger partial charge on any atom is 0.258 e. The van der Waals surface area contributed by atoms with Crippen LogP contribution in [0.4, 0.5) is 0 Å². The molecule has 0 radical (unpaired) electrons. The number of hydrazone groups is 1. The molecule has 7 heteroatoms. The third kappa shape index (κ3) is 5.09. The zero-order chi connectivity index (χ0) is 22.1. The standard InChI is InChI=1S/C23H32N4O2S/c1-22(2,3)15-10-14(11-16(20(15)28)23(4,5)6)13-24-27-21(29)18-12-17(25-26-18)19-8-7-9-30-19/h7-11,13,17-18,25-26,28H,12H2,1-6H3,(H,27,29)/b24-13+. The second kappa shape index (κ2) is 8.49. The summed E-state index contributed by atoms with van der Waals surface area (Å²) >= 11 is 1.67. The molecule has 3 rings (SSSR count). The smallest absolute Gasteiger partial charge is 0.258 e. The molecule has 0 bridgehead atoms. The first-order valence-electron chi connectivity index (χ1n) is 10.2. The largest absolute Gasteiger partial charge is 0.507 e. The lowest BCUT2D eigenvalue weighted by atomic mass is 9.78. The number of hydrogen-bond donors (Lipinski definition) is 4. The molecule has 162 valence electrons. The molecule has 1 aliphatic heterocycles. The molecule has 2 atom stereocenters. The topological polar surface area (TPSA) is 85.8 Å². The monoisotopic (exact) mass is 428 g/mol. The van der Waals surface area contributed by atoms with E-state index in [0.29, 0.717) is 12.2 Å². The number of nitrogens with zero attached hydrogens (tertiary/aromatic N) is 1. The third-order valence-electron chi connectivity index (χ3n) is 5.24. The fourth-order valence-corrected chi connectivity index (χ4v) is 4.32. The molecule has 2 heterocycles. The van der Waals surface area contributed by atoms with E-state index < -0.39 is 0 Å². The van der Waals surface area contributed by atoms with E-state index in [1.807, 2.05) is 23.6 Å². The maximum absolute atomic E-state index is 12.5. The first-order chi connectivity index (χ1) is 14.0. The van der Waals surface area contributed by atoms with Crippen molar-refractivity contribution >= 4 is 23.5 Å². The number of phenols is 1. The predicted molar refractivity (Wildman–Crippen MR) is 123 cm³/mol. The number of amides is 1. The molecule has 0 saturated carbocycles. The van der Waals surface area contributed by atoms with Crippen LogP contribution in [0.15, 0.2) is 34.7 Å². The molecule has 4 N–H and O–H groups in total. The summed E-state index contributed by atoms with van der Waals surface area (Å²) in [4.78, 5) is 13.7. The number of carbonyl (C=O) groups is 1. The lowest BCUT2D eigenvalue weighted by Gasteiger charge is -2.27. The normalized spacial score (nSPS) is 20.1. The van der Waals surface area contributed by atoms with Crippen molar-refractivity contribution in [3.8, 4) is 5.75 Å². The number of carbonyl (C=O) groups excluding carboxylic acids is 1. The minimum Gasteiger partial charge on any atom is -0.507 e. The minimum absolute atomic E-state index is 0.130. The number of phenolic OH excluding ortho intramolecular Hbond substituents is 1. The lowest BCUT2D eigenvalue weighted by molar-refractivity contribution is -0.122. The van der Waals surface area contributed by atoms with E-state index in [9.17, 15) is 9.90 Å². The van der Waals surface area contributed by atoms with Gasteiger partial charge >= 0.3 is 0 Å². The van der Waals surface area contributed by atoms with Gasteiger partial charge in [-0.1, -0.05) is 47.6 Å². The van der Waals surface area contributed by atoms with Gasteiger partial charge < -0.3 is 5.11 Å². The van der Waals surface area contributed by atoms with Crippen molar-refractivity contribution < 1.29 is 9.90 Å². The number of aromatic hydroxyl groups is 1. The van der Waals surface area contributed by atoms with Crippen LogP contribution in [0.3, 0.4) is 0 Å². The van der Waals surface area contributed by atoms with Crippen molar-refractivity contribution in [2.75, 3.05) is 0 Å². The van der Waals surface area contributed by atoms with Gasteiger partial charge in [-0.15, -0.1) is 11.3 Å². The van der Waals surface area contributed by atoms with E-state index in [-0.39, 0.29) is 28.8 Å². The third-order valence-corrected chi connectivity index (χ3v) is 6.23. The van der Waals surface area contributed by atoms with E-state index >= 15 is 0 Å². The van der Waals surface area contributed by atoms with Gasteiger partial charge in [0.05, 0.1) is 12.3 Å². The molecule has 1 fully saturated rings. The Bertz CT molecular complexity index is 889. The molecule has 1 saturated heterocycles. The molecule has 1 aliphatic rings. The van der Waals surface area contributed by atoms with Gasteiger partial charge in [0.15, 0.2) is 0 Å². The zero-order valence-corrected chi connectivity index (χ0v) is 19.4.